The van der Waals surface area contributed by atoms with Crippen molar-refractivity contribution in [2.24, 2.45) is 0 Å². The molecule has 2 aromatic heterocycles. The number of benzene rings is 2. The summed E-state index contributed by atoms with van der Waals surface area (Å²) >= 11 is 13.3. The number of fused-ring (bicyclic) bond motifs is 3. The van der Waals surface area contributed by atoms with Gasteiger partial charge < -0.3 is 19.3 Å². The van der Waals surface area contributed by atoms with Crippen molar-refractivity contribution in [1.82, 2.24) is 24.3 Å². The fraction of sp³-hybridized carbons (Fsp3) is 0.375. The second-order valence-electron chi connectivity index (χ2n) is 11.6. The van der Waals surface area contributed by atoms with Crippen LogP contribution >= 0.6 is 23.2 Å². The van der Waals surface area contributed by atoms with Gasteiger partial charge in [-0.3, -0.25) is 4.79 Å². The minimum Gasteiger partial charge on any atom is -0.351 e. The zero-order chi connectivity index (χ0) is 30.6. The third-order valence-corrected chi connectivity index (χ3v) is 9.67. The molecule has 222 valence electrons. The van der Waals surface area contributed by atoms with E-state index in [1.54, 1.807) is 29.4 Å². The number of likely N-dealkylation sites (tertiary alicyclic amines) is 1. The highest BCUT2D eigenvalue weighted by Gasteiger charge is 2.35. The molecule has 4 aromatic rings. The van der Waals surface area contributed by atoms with E-state index in [0.29, 0.717) is 52.7 Å². The molecule has 43 heavy (non-hydrogen) atoms. The molecule has 4 heterocycles. The minimum atomic E-state index is -0.512. The lowest BCUT2D eigenvalue weighted by molar-refractivity contribution is -0.130. The van der Waals surface area contributed by atoms with Crippen molar-refractivity contribution >= 4 is 56.9 Å². The predicted octanol–water partition coefficient (Wildman–Crippen LogP) is 6.39. The molecule has 1 amide bonds. The topological polar surface area (TPSA) is 81.3 Å². The van der Waals surface area contributed by atoms with E-state index in [2.05, 4.69) is 27.0 Å². The van der Waals surface area contributed by atoms with Crippen molar-refractivity contribution in [3.05, 3.63) is 64.7 Å². The van der Waals surface area contributed by atoms with Crippen LogP contribution in [0.3, 0.4) is 0 Å². The van der Waals surface area contributed by atoms with Gasteiger partial charge in [0.25, 0.3) is 0 Å². The summed E-state index contributed by atoms with van der Waals surface area (Å²) in [6.45, 7) is 7.44. The Labute approximate surface area is 259 Å². The zero-order valence-electron chi connectivity index (χ0n) is 24.3. The summed E-state index contributed by atoms with van der Waals surface area (Å²) in [7, 11) is 4.09. The Morgan fingerprint density at radius 2 is 2.02 bits per heavy atom. The summed E-state index contributed by atoms with van der Waals surface area (Å²) in [5.74, 6) is -0.0681. The average Bonchev–Trinajstić information content (AvgIpc) is 3.40. The molecule has 2 aliphatic rings. The smallest absolute Gasteiger partial charge is 0.246 e. The first-order valence-electron chi connectivity index (χ1n) is 14.3. The Bertz CT molecular complexity index is 1810. The van der Waals surface area contributed by atoms with Gasteiger partial charge in [0.15, 0.2) is 11.6 Å². The minimum absolute atomic E-state index is 0.0710. The molecule has 0 spiro atoms. The van der Waals surface area contributed by atoms with Crippen LogP contribution in [-0.2, 0) is 4.79 Å². The number of nitrogens with zero attached hydrogens (tertiary/aromatic N) is 7. The molecule has 11 heteroatoms. The SMILES string of the molecule is C=CC(=O)N1CC[C@H](n2cnc3c(N4CC(N(C)C)C4)nc4c(F)c(-c5cccc(Cl)c5C)c(Cl)cc4c32)C[C@H]1CC#N. The maximum Gasteiger partial charge on any atom is 0.246 e. The number of pyridine rings is 1. The molecule has 0 unspecified atom stereocenters. The first-order valence-corrected chi connectivity index (χ1v) is 15.0. The Hall–Kier alpha value is -3.71. The number of rotatable bonds is 6. The third kappa shape index (κ3) is 4.92. The first-order chi connectivity index (χ1) is 20.6. The highest BCUT2D eigenvalue weighted by Crippen LogP contribution is 2.43. The normalized spacial score (nSPS) is 19.2. The Morgan fingerprint density at radius 3 is 2.72 bits per heavy atom. The summed E-state index contributed by atoms with van der Waals surface area (Å²) in [5.41, 5.74) is 3.24. The van der Waals surface area contributed by atoms with E-state index >= 15 is 4.39 Å². The Balaban J connectivity index is 1.55. The maximum atomic E-state index is 16.7. The third-order valence-electron chi connectivity index (χ3n) is 8.97. The van der Waals surface area contributed by atoms with Crippen LogP contribution in [0.25, 0.3) is 33.1 Å². The molecule has 2 saturated heterocycles. The van der Waals surface area contributed by atoms with Gasteiger partial charge in [-0.15, -0.1) is 0 Å². The van der Waals surface area contributed by atoms with Crippen LogP contribution in [0.4, 0.5) is 10.2 Å². The number of halogens is 3. The number of carbonyl (C=O) groups excluding carboxylic acids is 1. The van der Waals surface area contributed by atoms with Crippen molar-refractivity contribution in [2.75, 3.05) is 38.6 Å². The molecule has 0 N–H and O–H groups in total. The van der Waals surface area contributed by atoms with Crippen molar-refractivity contribution in [1.29, 1.82) is 5.26 Å². The van der Waals surface area contributed by atoms with E-state index in [4.69, 9.17) is 33.2 Å². The van der Waals surface area contributed by atoms with Gasteiger partial charge in [-0.05, 0) is 63.2 Å². The number of carbonyl (C=O) groups is 1. The molecule has 0 saturated carbocycles. The zero-order valence-corrected chi connectivity index (χ0v) is 25.8. The Kier molecular flexibility index (Phi) is 7.80. The molecular weight excluding hydrogens is 588 g/mol. The van der Waals surface area contributed by atoms with Gasteiger partial charge >= 0.3 is 0 Å². The van der Waals surface area contributed by atoms with E-state index in [9.17, 15) is 10.1 Å². The number of piperidine rings is 1. The van der Waals surface area contributed by atoms with Gasteiger partial charge in [-0.1, -0.05) is 41.9 Å². The highest BCUT2D eigenvalue weighted by atomic mass is 35.5. The fourth-order valence-electron chi connectivity index (χ4n) is 6.41. The number of hydrogen-bond donors (Lipinski definition) is 0. The number of amides is 1. The number of likely N-dealkylation sites (N-methyl/N-ethyl adjacent to an activating group) is 1. The van der Waals surface area contributed by atoms with Crippen molar-refractivity contribution in [3.63, 3.8) is 0 Å². The summed E-state index contributed by atoms with van der Waals surface area (Å²) < 4.78 is 18.8. The summed E-state index contributed by atoms with van der Waals surface area (Å²) in [6.07, 6.45) is 4.48. The summed E-state index contributed by atoms with van der Waals surface area (Å²) in [5, 5.41) is 10.9. The molecule has 0 radical (unpaired) electrons. The van der Waals surface area contributed by atoms with Crippen LogP contribution in [0, 0.1) is 24.1 Å². The van der Waals surface area contributed by atoms with Gasteiger partial charge in [-0.2, -0.15) is 5.26 Å². The second-order valence-corrected chi connectivity index (χ2v) is 12.4. The number of hydrogen-bond acceptors (Lipinski definition) is 6. The van der Waals surface area contributed by atoms with E-state index < -0.39 is 5.82 Å². The average molecular weight is 621 g/mol. The molecule has 0 aliphatic carbocycles. The van der Waals surface area contributed by atoms with Crippen LogP contribution in [0.15, 0.2) is 43.2 Å². The van der Waals surface area contributed by atoms with E-state index in [1.807, 2.05) is 27.1 Å². The molecule has 2 aliphatic heterocycles. The van der Waals surface area contributed by atoms with Crippen LogP contribution in [0.1, 0.15) is 30.9 Å². The van der Waals surface area contributed by atoms with Crippen molar-refractivity contribution in [3.8, 4) is 17.2 Å². The molecule has 8 nitrogen and oxygen atoms in total. The van der Waals surface area contributed by atoms with Crippen LogP contribution in [-0.4, -0.2) is 76.1 Å². The number of imidazole rings is 1. The first kappa shape index (κ1) is 29.4. The highest BCUT2D eigenvalue weighted by molar-refractivity contribution is 6.35. The summed E-state index contributed by atoms with van der Waals surface area (Å²) in [6, 6.07) is 9.37. The van der Waals surface area contributed by atoms with Gasteiger partial charge in [-0.25, -0.2) is 14.4 Å². The molecule has 0 bridgehead atoms. The molecule has 6 rings (SSSR count). The number of aromatic nitrogens is 3. The molecule has 2 fully saturated rings. The molecule has 2 aromatic carbocycles. The lowest BCUT2D eigenvalue weighted by Crippen LogP contribution is -2.57. The van der Waals surface area contributed by atoms with Crippen LogP contribution < -0.4 is 4.90 Å². The number of anilines is 1. The van der Waals surface area contributed by atoms with E-state index in [0.717, 1.165) is 24.2 Å². The maximum absolute atomic E-state index is 16.7. The standard InChI is InChI=1S/C32H32Cl2FN7O/c1-5-26(43)41-12-10-20(13-19(41)9-11-36)42-17-37-30-31(42)23-14-25(34)27(22-7-6-8-24(33)18(22)2)28(35)29(23)38-32(30)40-15-21(16-40)39(3)4/h5-8,14,17,19-21H,1,9-10,12-13,15-16H2,2-4H3/t19-,20+/m1/s1. The monoisotopic (exact) mass is 619 g/mol. The van der Waals surface area contributed by atoms with Crippen LogP contribution in [0.2, 0.25) is 10.0 Å². The molecule has 2 atom stereocenters. The van der Waals surface area contributed by atoms with Gasteiger partial charge in [0.1, 0.15) is 11.0 Å². The largest absolute Gasteiger partial charge is 0.351 e. The predicted molar refractivity (Wildman–Crippen MR) is 169 cm³/mol. The fourth-order valence-corrected chi connectivity index (χ4v) is 6.88. The Morgan fingerprint density at radius 1 is 1.26 bits per heavy atom. The van der Waals surface area contributed by atoms with E-state index in [1.165, 1.54) is 6.08 Å². The summed E-state index contributed by atoms with van der Waals surface area (Å²) in [4.78, 5) is 28.3. The quantitative estimate of drug-likeness (QED) is 0.233. The lowest BCUT2D eigenvalue weighted by atomic mass is 9.94. The van der Waals surface area contributed by atoms with Crippen molar-refractivity contribution in [2.45, 2.75) is 44.3 Å². The van der Waals surface area contributed by atoms with Crippen LogP contribution in [0.5, 0.6) is 0 Å². The van der Waals surface area contributed by atoms with Crippen molar-refractivity contribution < 1.29 is 9.18 Å². The number of nitriles is 1. The van der Waals surface area contributed by atoms with E-state index in [-0.39, 0.29) is 40.5 Å². The van der Waals surface area contributed by atoms with Gasteiger partial charge in [0.2, 0.25) is 5.91 Å². The van der Waals surface area contributed by atoms with Gasteiger partial charge in [0.05, 0.1) is 29.4 Å². The molecular formula is C32H32Cl2FN7O. The lowest BCUT2D eigenvalue weighted by Gasteiger charge is -2.43. The second kappa shape index (κ2) is 11.4. The van der Waals surface area contributed by atoms with Gasteiger partial charge in [0, 0.05) is 53.7 Å².